The molecule has 148 valence electrons. The maximum atomic E-state index is 12.6. The molecule has 0 unspecified atom stereocenters. The Kier molecular flexibility index (Phi) is 5.67. The molecule has 2 aromatic carbocycles. The second kappa shape index (κ2) is 8.53. The lowest BCUT2D eigenvalue weighted by atomic mass is 10.1. The van der Waals surface area contributed by atoms with Crippen LogP contribution in [0.15, 0.2) is 59.8 Å². The molecule has 3 aromatic rings. The lowest BCUT2D eigenvalue weighted by Gasteiger charge is -2.12. The highest BCUT2D eigenvalue weighted by molar-refractivity contribution is 8.00. The van der Waals surface area contributed by atoms with Gasteiger partial charge in [0.1, 0.15) is 0 Å². The lowest BCUT2D eigenvalue weighted by molar-refractivity contribution is -0.120. The fourth-order valence-corrected chi connectivity index (χ4v) is 3.80. The molecule has 2 heterocycles. The van der Waals surface area contributed by atoms with Crippen LogP contribution in [0, 0.1) is 6.92 Å². The summed E-state index contributed by atoms with van der Waals surface area (Å²) < 4.78 is 10.7. The highest BCUT2D eigenvalue weighted by Crippen LogP contribution is 2.32. The van der Waals surface area contributed by atoms with Gasteiger partial charge in [-0.1, -0.05) is 48.2 Å². The number of thioether (sulfide) groups is 1. The minimum Gasteiger partial charge on any atom is -0.454 e. The van der Waals surface area contributed by atoms with Crippen LogP contribution in [0.25, 0.3) is 11.3 Å². The molecule has 1 aromatic heterocycles. The molecule has 1 amide bonds. The van der Waals surface area contributed by atoms with E-state index in [1.807, 2.05) is 68.4 Å². The van der Waals surface area contributed by atoms with Crippen molar-refractivity contribution in [3.63, 3.8) is 0 Å². The molecule has 0 aliphatic carbocycles. The molecule has 0 radical (unpaired) electrons. The third-order valence-electron chi connectivity index (χ3n) is 4.46. The minimum absolute atomic E-state index is 0.0703. The van der Waals surface area contributed by atoms with Crippen LogP contribution >= 0.6 is 11.8 Å². The van der Waals surface area contributed by atoms with Crippen molar-refractivity contribution >= 4 is 17.7 Å². The molecular formula is C22H21N3O3S. The average molecular weight is 407 g/mol. The Balaban J connectivity index is 1.39. The van der Waals surface area contributed by atoms with Gasteiger partial charge < -0.3 is 14.8 Å². The molecule has 1 atom stereocenters. The Morgan fingerprint density at radius 2 is 1.90 bits per heavy atom. The van der Waals surface area contributed by atoms with Crippen LogP contribution in [0.3, 0.4) is 0 Å². The lowest BCUT2D eigenvalue weighted by Crippen LogP contribution is -2.30. The van der Waals surface area contributed by atoms with E-state index in [1.165, 1.54) is 11.8 Å². The third kappa shape index (κ3) is 4.68. The van der Waals surface area contributed by atoms with Gasteiger partial charge in [0.25, 0.3) is 0 Å². The number of carbonyl (C=O) groups is 1. The van der Waals surface area contributed by atoms with Crippen molar-refractivity contribution in [2.75, 3.05) is 6.79 Å². The first kappa shape index (κ1) is 19.3. The molecule has 7 heteroatoms. The predicted molar refractivity (Wildman–Crippen MR) is 112 cm³/mol. The molecule has 0 bridgehead atoms. The highest BCUT2D eigenvalue weighted by atomic mass is 32.2. The number of nitrogens with zero attached hydrogens (tertiary/aromatic N) is 2. The smallest absolute Gasteiger partial charge is 0.233 e. The number of carbonyl (C=O) groups excluding carboxylic acids is 1. The van der Waals surface area contributed by atoms with Gasteiger partial charge in [0.2, 0.25) is 12.7 Å². The van der Waals surface area contributed by atoms with Crippen LogP contribution in [0.4, 0.5) is 0 Å². The molecule has 0 saturated heterocycles. The monoisotopic (exact) mass is 407 g/mol. The zero-order chi connectivity index (χ0) is 20.2. The summed E-state index contributed by atoms with van der Waals surface area (Å²) in [4.78, 5) is 21.7. The van der Waals surface area contributed by atoms with E-state index in [1.54, 1.807) is 0 Å². The molecule has 4 rings (SSSR count). The summed E-state index contributed by atoms with van der Waals surface area (Å²) in [5, 5.41) is 3.23. The molecule has 6 nitrogen and oxygen atoms in total. The van der Waals surface area contributed by atoms with Crippen molar-refractivity contribution in [1.29, 1.82) is 0 Å². The fraction of sp³-hybridized carbons (Fsp3) is 0.227. The van der Waals surface area contributed by atoms with Crippen LogP contribution in [-0.4, -0.2) is 27.9 Å². The molecule has 1 aliphatic heterocycles. The van der Waals surface area contributed by atoms with Gasteiger partial charge in [-0.2, -0.15) is 0 Å². The number of benzene rings is 2. The average Bonchev–Trinajstić information content (AvgIpc) is 3.20. The van der Waals surface area contributed by atoms with E-state index in [2.05, 4.69) is 15.3 Å². The van der Waals surface area contributed by atoms with Gasteiger partial charge in [0, 0.05) is 17.8 Å². The van der Waals surface area contributed by atoms with Crippen LogP contribution < -0.4 is 14.8 Å². The van der Waals surface area contributed by atoms with Gasteiger partial charge >= 0.3 is 0 Å². The summed E-state index contributed by atoms with van der Waals surface area (Å²) in [6.07, 6.45) is 0. The van der Waals surface area contributed by atoms with Gasteiger partial charge in [-0.3, -0.25) is 4.79 Å². The van der Waals surface area contributed by atoms with Crippen molar-refractivity contribution in [2.24, 2.45) is 0 Å². The number of aromatic nitrogens is 2. The van der Waals surface area contributed by atoms with E-state index in [0.717, 1.165) is 28.3 Å². The Morgan fingerprint density at radius 3 is 2.72 bits per heavy atom. The molecule has 1 N–H and O–H groups in total. The third-order valence-corrected chi connectivity index (χ3v) is 5.42. The number of fused-ring (bicyclic) bond motifs is 1. The van der Waals surface area contributed by atoms with Crippen LogP contribution in [0.5, 0.6) is 11.5 Å². The van der Waals surface area contributed by atoms with Gasteiger partial charge in [0.05, 0.1) is 10.9 Å². The standard InChI is InChI=1S/C22H21N3O3S/c1-14-10-18(17-6-4-3-5-7-17)25-22(24-14)29-15(2)21(26)23-12-16-8-9-19-20(11-16)28-13-27-19/h3-11,15H,12-13H2,1-2H3,(H,23,26)/t15-/m1/s1. The summed E-state index contributed by atoms with van der Waals surface area (Å²) in [5.41, 5.74) is 3.71. The van der Waals surface area contributed by atoms with E-state index in [-0.39, 0.29) is 18.0 Å². The van der Waals surface area contributed by atoms with Crippen molar-refractivity contribution in [2.45, 2.75) is 30.8 Å². The normalized spacial score (nSPS) is 13.2. The van der Waals surface area contributed by atoms with E-state index < -0.39 is 0 Å². The number of nitrogens with one attached hydrogen (secondary N) is 1. The van der Waals surface area contributed by atoms with Gasteiger partial charge in [-0.05, 0) is 37.6 Å². The van der Waals surface area contributed by atoms with Gasteiger partial charge in [-0.15, -0.1) is 0 Å². The Labute approximate surface area is 173 Å². The number of ether oxygens (including phenoxy) is 2. The van der Waals surface area contributed by atoms with E-state index in [4.69, 9.17) is 9.47 Å². The van der Waals surface area contributed by atoms with Crippen LogP contribution in [0.1, 0.15) is 18.2 Å². The first-order valence-corrected chi connectivity index (χ1v) is 10.2. The summed E-state index contributed by atoms with van der Waals surface area (Å²) in [6, 6.07) is 17.6. The molecule has 1 aliphatic rings. The molecule has 0 fully saturated rings. The summed E-state index contributed by atoms with van der Waals surface area (Å²) in [7, 11) is 0. The Bertz CT molecular complexity index is 1030. The molecule has 29 heavy (non-hydrogen) atoms. The quantitative estimate of drug-likeness (QED) is 0.492. The second-order valence-electron chi connectivity index (χ2n) is 6.71. The zero-order valence-electron chi connectivity index (χ0n) is 16.2. The van der Waals surface area contributed by atoms with Crippen molar-refractivity contribution in [3.8, 4) is 22.8 Å². The minimum atomic E-state index is -0.325. The first-order valence-electron chi connectivity index (χ1n) is 9.32. The largest absolute Gasteiger partial charge is 0.454 e. The molecular weight excluding hydrogens is 386 g/mol. The SMILES string of the molecule is Cc1cc(-c2ccccc2)nc(S[C@H](C)C(=O)NCc2ccc3c(c2)OCO3)n1. The first-order chi connectivity index (χ1) is 14.1. The highest BCUT2D eigenvalue weighted by Gasteiger charge is 2.18. The fourth-order valence-electron chi connectivity index (χ4n) is 2.95. The van der Waals surface area contributed by atoms with Crippen molar-refractivity contribution in [3.05, 3.63) is 65.9 Å². The van der Waals surface area contributed by atoms with E-state index in [0.29, 0.717) is 17.5 Å². The van der Waals surface area contributed by atoms with Crippen LogP contribution in [0.2, 0.25) is 0 Å². The maximum absolute atomic E-state index is 12.6. The van der Waals surface area contributed by atoms with E-state index >= 15 is 0 Å². The second-order valence-corrected chi connectivity index (χ2v) is 8.02. The summed E-state index contributed by atoms with van der Waals surface area (Å²) >= 11 is 1.35. The van der Waals surface area contributed by atoms with Gasteiger partial charge in [-0.25, -0.2) is 9.97 Å². The number of hydrogen-bond donors (Lipinski definition) is 1. The number of rotatable bonds is 6. The summed E-state index contributed by atoms with van der Waals surface area (Å²) in [6.45, 7) is 4.45. The zero-order valence-corrected chi connectivity index (χ0v) is 17.0. The predicted octanol–water partition coefficient (Wildman–Crippen LogP) is 3.98. The Morgan fingerprint density at radius 1 is 1.10 bits per heavy atom. The van der Waals surface area contributed by atoms with Gasteiger partial charge in [0.15, 0.2) is 16.7 Å². The van der Waals surface area contributed by atoms with Crippen LogP contribution in [-0.2, 0) is 11.3 Å². The Hall–Kier alpha value is -3.06. The molecule has 0 spiro atoms. The van der Waals surface area contributed by atoms with Crippen molar-refractivity contribution < 1.29 is 14.3 Å². The topological polar surface area (TPSA) is 73.3 Å². The summed E-state index contributed by atoms with van der Waals surface area (Å²) in [5.74, 6) is 1.37. The maximum Gasteiger partial charge on any atom is 0.233 e. The van der Waals surface area contributed by atoms with Crippen molar-refractivity contribution in [1.82, 2.24) is 15.3 Å². The molecule has 0 saturated carbocycles. The van der Waals surface area contributed by atoms with E-state index in [9.17, 15) is 4.79 Å². The number of hydrogen-bond acceptors (Lipinski definition) is 6. The number of aryl methyl sites for hydroxylation is 1. The number of amides is 1.